The first kappa shape index (κ1) is 29.1. The molecule has 2 heterocycles. The minimum atomic E-state index is 0.0701. The number of guanidine groups is 1. The number of carbonyl (C=O) groups is 1. The van der Waals surface area contributed by atoms with Crippen molar-refractivity contribution in [1.29, 1.82) is 0 Å². The lowest BCUT2D eigenvalue weighted by Crippen LogP contribution is -2.37. The van der Waals surface area contributed by atoms with Crippen LogP contribution in [0.4, 0.5) is 11.4 Å². The lowest BCUT2D eigenvalue weighted by Gasteiger charge is -2.32. The van der Waals surface area contributed by atoms with Crippen molar-refractivity contribution in [3.8, 4) is 11.5 Å². The van der Waals surface area contributed by atoms with Gasteiger partial charge < -0.3 is 30.3 Å². The molecular formula is C32H43N5O3. The van der Waals surface area contributed by atoms with Crippen LogP contribution in [0.15, 0.2) is 70.5 Å². The van der Waals surface area contributed by atoms with Crippen LogP contribution in [-0.4, -0.2) is 50.6 Å². The van der Waals surface area contributed by atoms with Crippen LogP contribution in [0.1, 0.15) is 46.1 Å². The Kier molecular flexibility index (Phi) is 9.40. The van der Waals surface area contributed by atoms with Gasteiger partial charge in [0, 0.05) is 56.6 Å². The van der Waals surface area contributed by atoms with Gasteiger partial charge in [-0.3, -0.25) is 4.79 Å². The van der Waals surface area contributed by atoms with Gasteiger partial charge in [0.2, 0.25) is 5.91 Å². The maximum atomic E-state index is 12.2. The lowest BCUT2D eigenvalue weighted by atomic mass is 9.89. The molecule has 8 nitrogen and oxygen atoms in total. The van der Waals surface area contributed by atoms with Crippen molar-refractivity contribution >= 4 is 23.2 Å². The van der Waals surface area contributed by atoms with Crippen molar-refractivity contribution in [3.05, 3.63) is 71.1 Å². The predicted octanol–water partition coefficient (Wildman–Crippen LogP) is 5.57. The largest absolute Gasteiger partial charge is 0.497 e. The first-order valence-electron chi connectivity index (χ1n) is 14.1. The van der Waals surface area contributed by atoms with Crippen LogP contribution in [0.2, 0.25) is 0 Å². The summed E-state index contributed by atoms with van der Waals surface area (Å²) in [4.78, 5) is 21.2. The van der Waals surface area contributed by atoms with Crippen molar-refractivity contribution in [2.45, 2.75) is 47.0 Å². The summed E-state index contributed by atoms with van der Waals surface area (Å²) in [7, 11) is 3.36. The molecule has 0 radical (unpaired) electrons. The third-order valence-corrected chi connectivity index (χ3v) is 7.92. The fraction of sp³-hybridized carbons (Fsp3) is 0.438. The van der Waals surface area contributed by atoms with E-state index in [0.717, 1.165) is 53.5 Å². The second kappa shape index (κ2) is 12.9. The second-order valence-electron chi connectivity index (χ2n) is 10.7. The Morgan fingerprint density at radius 3 is 2.67 bits per heavy atom. The smallest absolute Gasteiger partial charge is 0.219 e. The topological polar surface area (TPSA) is 92.4 Å². The van der Waals surface area contributed by atoms with E-state index in [1.54, 1.807) is 21.1 Å². The highest BCUT2D eigenvalue weighted by Crippen LogP contribution is 2.36. The van der Waals surface area contributed by atoms with Crippen LogP contribution in [-0.2, 0) is 11.2 Å². The Morgan fingerprint density at radius 1 is 1.20 bits per heavy atom. The highest BCUT2D eigenvalue weighted by Gasteiger charge is 2.25. The van der Waals surface area contributed by atoms with Crippen LogP contribution in [0.3, 0.4) is 0 Å². The van der Waals surface area contributed by atoms with Gasteiger partial charge in [-0.15, -0.1) is 0 Å². The monoisotopic (exact) mass is 545 g/mol. The van der Waals surface area contributed by atoms with E-state index in [0.29, 0.717) is 31.4 Å². The molecule has 40 heavy (non-hydrogen) atoms. The molecule has 0 saturated heterocycles. The predicted molar refractivity (Wildman–Crippen MR) is 163 cm³/mol. The Hall–Kier alpha value is -3.94. The lowest BCUT2D eigenvalue weighted by molar-refractivity contribution is -0.128. The second-order valence-corrected chi connectivity index (χ2v) is 10.7. The van der Waals surface area contributed by atoms with Crippen LogP contribution >= 0.6 is 0 Å². The molecule has 2 aromatic rings. The SMILES string of the molecule is CCC1=CN(c2ccc(NC(N)=NC3=C(C(C)Cc4cccc(OC)c4)CN(C(C)=O)CC3)cc2OC)CC1C. The number of carbonyl (C=O) groups excluding carboxylic acids is 1. The van der Waals surface area contributed by atoms with Gasteiger partial charge in [-0.2, -0.15) is 0 Å². The standard InChI is InChI=1S/C32H43N5O3/c1-7-25-19-37(18-22(25)3)30-12-11-26(17-31(30)40-6)34-32(33)35-29-13-14-36(23(4)38)20-28(29)21(2)15-24-9-8-10-27(16-24)39-5/h8-12,16-17,19,21-22H,7,13-15,18,20H2,1-6H3,(H3,33,34,35). The van der Waals surface area contributed by atoms with Gasteiger partial charge in [-0.1, -0.05) is 32.9 Å². The number of anilines is 2. The zero-order chi connectivity index (χ0) is 28.8. The number of nitrogens with one attached hydrogen (secondary N) is 1. The average Bonchev–Trinajstić information content (AvgIpc) is 3.33. The zero-order valence-corrected chi connectivity index (χ0v) is 24.7. The van der Waals surface area contributed by atoms with E-state index >= 15 is 0 Å². The number of nitrogens with zero attached hydrogens (tertiary/aromatic N) is 3. The maximum Gasteiger partial charge on any atom is 0.219 e. The van der Waals surface area contributed by atoms with Gasteiger partial charge >= 0.3 is 0 Å². The first-order valence-corrected chi connectivity index (χ1v) is 14.1. The van der Waals surface area contributed by atoms with E-state index in [1.165, 1.54) is 11.1 Å². The average molecular weight is 546 g/mol. The summed E-state index contributed by atoms with van der Waals surface area (Å²) in [5.74, 6) is 2.69. The number of hydrogen-bond acceptors (Lipinski definition) is 5. The molecule has 1 amide bonds. The quantitative estimate of drug-likeness (QED) is 0.316. The van der Waals surface area contributed by atoms with Crippen LogP contribution in [0, 0.1) is 11.8 Å². The van der Waals surface area contributed by atoms with Crippen LogP contribution in [0.25, 0.3) is 0 Å². The molecule has 2 aromatic carbocycles. The van der Waals surface area contributed by atoms with Gasteiger partial charge in [-0.25, -0.2) is 4.99 Å². The molecular weight excluding hydrogens is 502 g/mol. The molecule has 2 atom stereocenters. The van der Waals surface area contributed by atoms with Crippen molar-refractivity contribution in [2.24, 2.45) is 22.6 Å². The molecule has 0 fully saturated rings. The van der Waals surface area contributed by atoms with Crippen LogP contribution < -0.4 is 25.4 Å². The number of methoxy groups -OCH3 is 2. The zero-order valence-electron chi connectivity index (χ0n) is 24.7. The van der Waals surface area contributed by atoms with E-state index in [9.17, 15) is 4.79 Å². The number of hydrogen-bond donors (Lipinski definition) is 2. The minimum absolute atomic E-state index is 0.0701. The van der Waals surface area contributed by atoms with Crippen molar-refractivity contribution in [2.75, 3.05) is 44.1 Å². The molecule has 2 aliphatic heterocycles. The Balaban J connectivity index is 1.56. The van der Waals surface area contributed by atoms with Gasteiger partial charge in [-0.05, 0) is 65.7 Å². The Labute approximate surface area is 238 Å². The fourth-order valence-corrected chi connectivity index (χ4v) is 5.60. The van der Waals surface area contributed by atoms with Crippen LogP contribution in [0.5, 0.6) is 11.5 Å². The molecule has 2 aliphatic rings. The van der Waals surface area contributed by atoms with E-state index in [4.69, 9.17) is 20.2 Å². The number of benzene rings is 2. The molecule has 4 rings (SSSR count). The first-order chi connectivity index (χ1) is 19.2. The number of amides is 1. The third-order valence-electron chi connectivity index (χ3n) is 7.92. The highest BCUT2D eigenvalue weighted by molar-refractivity contribution is 5.93. The van der Waals surface area contributed by atoms with E-state index in [-0.39, 0.29) is 11.8 Å². The van der Waals surface area contributed by atoms with Gasteiger partial charge in [0.05, 0.1) is 19.9 Å². The normalized spacial score (nSPS) is 18.5. The summed E-state index contributed by atoms with van der Waals surface area (Å²) in [6.45, 7) is 10.4. The summed E-state index contributed by atoms with van der Waals surface area (Å²) >= 11 is 0. The number of aliphatic imine (C=N–C) groups is 1. The van der Waals surface area contributed by atoms with Crippen molar-refractivity contribution < 1.29 is 14.3 Å². The fourth-order valence-electron chi connectivity index (χ4n) is 5.60. The summed E-state index contributed by atoms with van der Waals surface area (Å²) in [6.07, 6.45) is 4.75. The molecule has 8 heteroatoms. The van der Waals surface area contributed by atoms with E-state index in [1.807, 2.05) is 29.2 Å². The highest BCUT2D eigenvalue weighted by atomic mass is 16.5. The molecule has 214 valence electrons. The summed E-state index contributed by atoms with van der Waals surface area (Å²) in [6, 6.07) is 14.1. The molecule has 0 aromatic heterocycles. The number of rotatable bonds is 9. The van der Waals surface area contributed by atoms with Crippen molar-refractivity contribution in [3.63, 3.8) is 0 Å². The van der Waals surface area contributed by atoms with Gasteiger partial charge in [0.15, 0.2) is 5.96 Å². The molecule has 0 spiro atoms. The molecule has 0 bridgehead atoms. The van der Waals surface area contributed by atoms with E-state index in [2.05, 4.69) is 55.4 Å². The molecule has 2 unspecified atom stereocenters. The molecule has 0 aliphatic carbocycles. The van der Waals surface area contributed by atoms with Gasteiger partial charge in [0.25, 0.3) is 0 Å². The third kappa shape index (κ3) is 6.79. The Bertz CT molecular complexity index is 1320. The summed E-state index contributed by atoms with van der Waals surface area (Å²) in [5, 5.41) is 3.25. The molecule has 3 N–H and O–H groups in total. The Morgan fingerprint density at radius 2 is 2.00 bits per heavy atom. The van der Waals surface area contributed by atoms with Crippen molar-refractivity contribution in [1.82, 2.24) is 4.90 Å². The number of nitrogens with two attached hydrogens (primary N) is 1. The van der Waals surface area contributed by atoms with Gasteiger partial charge in [0.1, 0.15) is 11.5 Å². The summed E-state index contributed by atoms with van der Waals surface area (Å²) < 4.78 is 11.1. The number of ether oxygens (including phenoxy) is 2. The molecule has 0 saturated carbocycles. The maximum absolute atomic E-state index is 12.2. The van der Waals surface area contributed by atoms with E-state index < -0.39 is 0 Å². The minimum Gasteiger partial charge on any atom is -0.497 e. The summed E-state index contributed by atoms with van der Waals surface area (Å²) in [5.41, 5.74) is 13.0.